The summed E-state index contributed by atoms with van der Waals surface area (Å²) in [4.78, 5) is 19.0. The lowest BCUT2D eigenvalue weighted by Crippen LogP contribution is -2.45. The Morgan fingerprint density at radius 3 is 3.00 bits per heavy atom. The summed E-state index contributed by atoms with van der Waals surface area (Å²) in [5, 5.41) is 7.13. The summed E-state index contributed by atoms with van der Waals surface area (Å²) >= 11 is 0. The second kappa shape index (κ2) is 9.01. The number of rotatable bonds is 8. The van der Waals surface area contributed by atoms with Crippen molar-refractivity contribution in [3.05, 3.63) is 11.7 Å². The first-order chi connectivity index (χ1) is 11.1. The van der Waals surface area contributed by atoms with Crippen molar-refractivity contribution in [1.82, 2.24) is 20.4 Å². The lowest BCUT2D eigenvalue weighted by molar-refractivity contribution is -0.127. The molecule has 1 aliphatic heterocycles. The highest BCUT2D eigenvalue weighted by Crippen LogP contribution is 2.19. The molecule has 2 heterocycles. The fourth-order valence-corrected chi connectivity index (χ4v) is 3.15. The molecule has 0 aromatic carbocycles. The second-order valence-electron chi connectivity index (χ2n) is 6.63. The van der Waals surface area contributed by atoms with E-state index in [2.05, 4.69) is 41.1 Å². The molecule has 2 atom stereocenters. The average Bonchev–Trinajstić information content (AvgIpc) is 2.95. The average molecular weight is 322 g/mol. The molecule has 2 unspecified atom stereocenters. The van der Waals surface area contributed by atoms with E-state index in [1.54, 1.807) is 0 Å². The van der Waals surface area contributed by atoms with Crippen LogP contribution in [-0.4, -0.2) is 40.1 Å². The lowest BCUT2D eigenvalue weighted by Gasteiger charge is -2.31. The molecule has 6 heteroatoms. The monoisotopic (exact) mass is 322 g/mol. The molecule has 0 saturated carbocycles. The Labute approximate surface area is 139 Å². The molecule has 23 heavy (non-hydrogen) atoms. The third kappa shape index (κ3) is 5.61. The van der Waals surface area contributed by atoms with Gasteiger partial charge in [-0.3, -0.25) is 9.69 Å². The second-order valence-corrected chi connectivity index (χ2v) is 6.63. The predicted octanol–water partition coefficient (Wildman–Crippen LogP) is 2.54. The highest BCUT2D eigenvalue weighted by Gasteiger charge is 2.27. The number of piperidine rings is 1. The first kappa shape index (κ1) is 17.9. The van der Waals surface area contributed by atoms with Gasteiger partial charge in [0.25, 0.3) is 0 Å². The molecule has 1 aliphatic rings. The molecule has 1 aromatic rings. The summed E-state index contributed by atoms with van der Waals surface area (Å²) in [6.07, 6.45) is 5.99. The minimum atomic E-state index is 0.0705. The Bertz CT molecular complexity index is 489. The normalized spacial score (nSPS) is 20.4. The molecule has 1 saturated heterocycles. The third-order valence-corrected chi connectivity index (χ3v) is 4.33. The Balaban J connectivity index is 1.83. The molecule has 1 fully saturated rings. The van der Waals surface area contributed by atoms with Gasteiger partial charge in [-0.05, 0) is 39.2 Å². The molecule has 6 nitrogen and oxygen atoms in total. The molecule has 0 bridgehead atoms. The summed E-state index contributed by atoms with van der Waals surface area (Å²) in [5.41, 5.74) is 0. The van der Waals surface area contributed by atoms with Crippen LogP contribution in [0, 0.1) is 5.92 Å². The molecule has 1 N–H and O–H groups in total. The fraction of sp³-hybridized carbons (Fsp3) is 0.824. The van der Waals surface area contributed by atoms with Crippen molar-refractivity contribution >= 4 is 5.91 Å². The molecule has 2 rings (SSSR count). The van der Waals surface area contributed by atoms with Gasteiger partial charge in [-0.2, -0.15) is 4.98 Å². The smallest absolute Gasteiger partial charge is 0.240 e. The number of amides is 1. The molecule has 0 spiro atoms. The van der Waals surface area contributed by atoms with Crippen molar-refractivity contribution in [3.63, 3.8) is 0 Å². The van der Waals surface area contributed by atoms with Crippen molar-refractivity contribution in [3.8, 4) is 0 Å². The van der Waals surface area contributed by atoms with Crippen LogP contribution in [0.5, 0.6) is 0 Å². The van der Waals surface area contributed by atoms with Crippen molar-refractivity contribution in [2.24, 2.45) is 5.92 Å². The standard InChI is InChI=1S/C17H30N4O2/c1-4-7-13(3)18-17(22)14-9-6-10-21(11-14)12-16-19-15(8-5-2)20-23-16/h13-14H,4-12H2,1-3H3,(H,18,22). The van der Waals surface area contributed by atoms with Gasteiger partial charge in [-0.15, -0.1) is 0 Å². The van der Waals surface area contributed by atoms with Gasteiger partial charge in [0.2, 0.25) is 11.8 Å². The molecule has 0 radical (unpaired) electrons. The highest BCUT2D eigenvalue weighted by molar-refractivity contribution is 5.79. The minimum absolute atomic E-state index is 0.0705. The van der Waals surface area contributed by atoms with Crippen molar-refractivity contribution in [2.45, 2.75) is 71.9 Å². The number of carbonyl (C=O) groups is 1. The minimum Gasteiger partial charge on any atom is -0.353 e. The van der Waals surface area contributed by atoms with E-state index in [0.29, 0.717) is 12.4 Å². The topological polar surface area (TPSA) is 71.3 Å². The van der Waals surface area contributed by atoms with Crippen LogP contribution >= 0.6 is 0 Å². The van der Waals surface area contributed by atoms with Crippen LogP contribution in [-0.2, 0) is 17.8 Å². The van der Waals surface area contributed by atoms with E-state index in [1.807, 2.05) is 0 Å². The van der Waals surface area contributed by atoms with E-state index in [4.69, 9.17) is 4.52 Å². The first-order valence-electron chi connectivity index (χ1n) is 8.96. The van der Waals surface area contributed by atoms with Crippen LogP contribution < -0.4 is 5.32 Å². The predicted molar refractivity (Wildman–Crippen MR) is 88.8 cm³/mol. The maximum Gasteiger partial charge on any atom is 0.240 e. The number of hydrogen-bond acceptors (Lipinski definition) is 5. The van der Waals surface area contributed by atoms with Crippen LogP contribution in [0.15, 0.2) is 4.52 Å². The van der Waals surface area contributed by atoms with Crippen molar-refractivity contribution < 1.29 is 9.32 Å². The van der Waals surface area contributed by atoms with Gasteiger partial charge in [0.1, 0.15) is 0 Å². The zero-order chi connectivity index (χ0) is 16.7. The van der Waals surface area contributed by atoms with Gasteiger partial charge in [-0.1, -0.05) is 25.4 Å². The summed E-state index contributed by atoms with van der Waals surface area (Å²) in [6.45, 7) is 8.72. The van der Waals surface area contributed by atoms with E-state index in [1.165, 1.54) is 0 Å². The maximum atomic E-state index is 12.4. The molecule has 130 valence electrons. The van der Waals surface area contributed by atoms with E-state index in [9.17, 15) is 4.79 Å². The summed E-state index contributed by atoms with van der Waals surface area (Å²) in [5.74, 6) is 1.70. The zero-order valence-corrected chi connectivity index (χ0v) is 14.7. The van der Waals surface area contributed by atoms with Crippen molar-refractivity contribution in [1.29, 1.82) is 0 Å². The molecule has 1 amide bonds. The van der Waals surface area contributed by atoms with Crippen LogP contribution in [0.25, 0.3) is 0 Å². The zero-order valence-electron chi connectivity index (χ0n) is 14.7. The molecular weight excluding hydrogens is 292 g/mol. The van der Waals surface area contributed by atoms with Gasteiger partial charge in [0.05, 0.1) is 12.5 Å². The maximum absolute atomic E-state index is 12.4. The van der Waals surface area contributed by atoms with Gasteiger partial charge >= 0.3 is 0 Å². The number of nitrogens with zero attached hydrogens (tertiary/aromatic N) is 3. The fourth-order valence-electron chi connectivity index (χ4n) is 3.15. The van der Waals surface area contributed by atoms with Crippen molar-refractivity contribution in [2.75, 3.05) is 13.1 Å². The van der Waals surface area contributed by atoms with E-state index >= 15 is 0 Å². The van der Waals surface area contributed by atoms with Gasteiger partial charge < -0.3 is 9.84 Å². The number of likely N-dealkylation sites (tertiary alicyclic amines) is 1. The first-order valence-corrected chi connectivity index (χ1v) is 8.96. The van der Waals surface area contributed by atoms with E-state index in [0.717, 1.165) is 57.4 Å². The summed E-state index contributed by atoms with van der Waals surface area (Å²) in [6, 6.07) is 0.260. The number of nitrogens with one attached hydrogen (secondary N) is 1. The molecule has 1 aromatic heterocycles. The molecular formula is C17H30N4O2. The number of aryl methyl sites for hydroxylation is 1. The van der Waals surface area contributed by atoms with Gasteiger partial charge in [-0.25, -0.2) is 0 Å². The largest absolute Gasteiger partial charge is 0.353 e. The lowest BCUT2D eigenvalue weighted by atomic mass is 9.96. The number of hydrogen-bond donors (Lipinski definition) is 1. The van der Waals surface area contributed by atoms with Crippen LogP contribution in [0.4, 0.5) is 0 Å². The van der Waals surface area contributed by atoms with E-state index in [-0.39, 0.29) is 17.9 Å². The Morgan fingerprint density at radius 1 is 1.43 bits per heavy atom. The van der Waals surface area contributed by atoms with Gasteiger partial charge in [0, 0.05) is 19.0 Å². The highest BCUT2D eigenvalue weighted by atomic mass is 16.5. The third-order valence-electron chi connectivity index (χ3n) is 4.33. The van der Waals surface area contributed by atoms with Crippen LogP contribution in [0.1, 0.15) is 64.6 Å². The Morgan fingerprint density at radius 2 is 2.26 bits per heavy atom. The Hall–Kier alpha value is -1.43. The molecule has 0 aliphatic carbocycles. The van der Waals surface area contributed by atoms with Crippen LogP contribution in [0.3, 0.4) is 0 Å². The van der Waals surface area contributed by atoms with E-state index < -0.39 is 0 Å². The quantitative estimate of drug-likeness (QED) is 0.796. The Kier molecular flexibility index (Phi) is 7.02. The van der Waals surface area contributed by atoms with Gasteiger partial charge in [0.15, 0.2) is 5.82 Å². The SMILES string of the molecule is CCCc1noc(CN2CCCC(C(=O)NC(C)CCC)C2)n1. The summed E-state index contributed by atoms with van der Waals surface area (Å²) < 4.78 is 5.31. The number of aromatic nitrogens is 2. The summed E-state index contributed by atoms with van der Waals surface area (Å²) in [7, 11) is 0. The number of carbonyl (C=O) groups excluding carboxylic acids is 1. The van der Waals surface area contributed by atoms with Crippen LogP contribution in [0.2, 0.25) is 0 Å².